The van der Waals surface area contributed by atoms with E-state index in [1.165, 1.54) is 12.8 Å². The quantitative estimate of drug-likeness (QED) is 0.848. The first-order valence-corrected chi connectivity index (χ1v) is 9.24. The predicted molar refractivity (Wildman–Crippen MR) is 85.7 cm³/mol. The molecule has 2 rings (SSSR count). The summed E-state index contributed by atoms with van der Waals surface area (Å²) >= 11 is 0. The second kappa shape index (κ2) is 6.90. The maximum Gasteiger partial charge on any atom is 0.240 e. The Morgan fingerprint density at radius 3 is 2.24 bits per heavy atom. The summed E-state index contributed by atoms with van der Waals surface area (Å²) in [6, 6.07) is 6.97. The average Bonchev–Trinajstić information content (AvgIpc) is 2.99. The van der Waals surface area contributed by atoms with Crippen molar-refractivity contribution in [2.45, 2.75) is 56.4 Å². The molecule has 1 aliphatic carbocycles. The lowest BCUT2D eigenvalue weighted by molar-refractivity contribution is 0.405. The SMILES string of the molecule is CC(C)c1ccc(S(=O)(=O)NC(CN)C2CCCC2)cc1. The van der Waals surface area contributed by atoms with Crippen LogP contribution in [0.3, 0.4) is 0 Å². The Morgan fingerprint density at radius 1 is 1.19 bits per heavy atom. The molecule has 0 amide bonds. The van der Waals surface area contributed by atoms with E-state index in [2.05, 4.69) is 18.6 Å². The number of nitrogens with two attached hydrogens (primary N) is 1. The minimum absolute atomic E-state index is 0.151. The van der Waals surface area contributed by atoms with Gasteiger partial charge in [0.2, 0.25) is 10.0 Å². The van der Waals surface area contributed by atoms with E-state index in [9.17, 15) is 8.42 Å². The minimum Gasteiger partial charge on any atom is -0.329 e. The monoisotopic (exact) mass is 310 g/mol. The molecule has 1 unspecified atom stereocenters. The predicted octanol–water partition coefficient (Wildman–Crippen LogP) is 2.61. The Bertz CT molecular complexity index is 546. The molecule has 0 heterocycles. The normalized spacial score (nSPS) is 18.3. The van der Waals surface area contributed by atoms with Gasteiger partial charge in [0, 0.05) is 12.6 Å². The van der Waals surface area contributed by atoms with Gasteiger partial charge in [0.15, 0.2) is 0 Å². The average molecular weight is 310 g/mol. The largest absolute Gasteiger partial charge is 0.329 e. The van der Waals surface area contributed by atoms with Crippen LogP contribution in [0.1, 0.15) is 51.0 Å². The molecular formula is C16H26N2O2S. The van der Waals surface area contributed by atoms with E-state index >= 15 is 0 Å². The molecule has 1 saturated carbocycles. The molecular weight excluding hydrogens is 284 g/mol. The lowest BCUT2D eigenvalue weighted by atomic mass is 9.99. The highest BCUT2D eigenvalue weighted by Gasteiger charge is 2.28. The van der Waals surface area contributed by atoms with Crippen LogP contribution < -0.4 is 10.5 Å². The molecule has 0 radical (unpaired) electrons. The molecule has 1 aliphatic rings. The summed E-state index contributed by atoms with van der Waals surface area (Å²) in [5.74, 6) is 0.768. The molecule has 3 N–H and O–H groups in total. The summed E-state index contributed by atoms with van der Waals surface area (Å²) in [4.78, 5) is 0.323. The van der Waals surface area contributed by atoms with Crippen molar-refractivity contribution in [1.82, 2.24) is 4.72 Å². The highest BCUT2D eigenvalue weighted by atomic mass is 32.2. The van der Waals surface area contributed by atoms with Gasteiger partial charge in [0.05, 0.1) is 4.90 Å². The molecule has 1 aromatic rings. The van der Waals surface area contributed by atoms with Gasteiger partial charge in [-0.1, -0.05) is 38.8 Å². The zero-order valence-electron chi connectivity index (χ0n) is 12.9. The fraction of sp³-hybridized carbons (Fsp3) is 0.625. The van der Waals surface area contributed by atoms with Crippen LogP contribution in [-0.2, 0) is 10.0 Å². The zero-order valence-corrected chi connectivity index (χ0v) is 13.7. The molecule has 0 aliphatic heterocycles. The summed E-state index contributed by atoms with van der Waals surface area (Å²) in [6.45, 7) is 4.53. The van der Waals surface area contributed by atoms with Crippen molar-refractivity contribution in [3.63, 3.8) is 0 Å². The van der Waals surface area contributed by atoms with Crippen LogP contribution >= 0.6 is 0 Å². The van der Waals surface area contributed by atoms with Crippen LogP contribution in [0.4, 0.5) is 0 Å². The molecule has 1 atom stereocenters. The molecule has 0 saturated heterocycles. The number of nitrogens with one attached hydrogen (secondary N) is 1. The number of rotatable bonds is 6. The van der Waals surface area contributed by atoms with E-state index in [1.807, 2.05) is 12.1 Å². The van der Waals surface area contributed by atoms with E-state index in [1.54, 1.807) is 12.1 Å². The van der Waals surface area contributed by atoms with Crippen molar-refractivity contribution in [3.05, 3.63) is 29.8 Å². The van der Waals surface area contributed by atoms with Gasteiger partial charge >= 0.3 is 0 Å². The first-order chi connectivity index (χ1) is 9.94. The first-order valence-electron chi connectivity index (χ1n) is 7.76. The molecule has 0 aromatic heterocycles. The van der Waals surface area contributed by atoms with E-state index in [4.69, 9.17) is 5.73 Å². The maximum absolute atomic E-state index is 12.5. The van der Waals surface area contributed by atoms with Gasteiger partial charge in [-0.25, -0.2) is 13.1 Å². The zero-order chi connectivity index (χ0) is 15.5. The minimum atomic E-state index is -3.48. The summed E-state index contributed by atoms with van der Waals surface area (Å²) in [5.41, 5.74) is 6.91. The van der Waals surface area contributed by atoms with Gasteiger partial charge in [-0.05, 0) is 42.4 Å². The molecule has 4 nitrogen and oxygen atoms in total. The van der Waals surface area contributed by atoms with Crippen molar-refractivity contribution < 1.29 is 8.42 Å². The highest BCUT2D eigenvalue weighted by molar-refractivity contribution is 7.89. The standard InChI is InChI=1S/C16H26N2O2S/c1-12(2)13-7-9-15(10-8-13)21(19,20)18-16(11-17)14-5-3-4-6-14/h7-10,12,14,16,18H,3-6,11,17H2,1-2H3. The van der Waals surface area contributed by atoms with Gasteiger partial charge in [0.1, 0.15) is 0 Å². The van der Waals surface area contributed by atoms with E-state index < -0.39 is 10.0 Å². The Labute approximate surface area is 128 Å². The number of hydrogen-bond donors (Lipinski definition) is 2. The smallest absolute Gasteiger partial charge is 0.240 e. The summed E-state index contributed by atoms with van der Waals surface area (Å²) < 4.78 is 27.7. The van der Waals surface area contributed by atoms with Crippen LogP contribution in [0.5, 0.6) is 0 Å². The van der Waals surface area contributed by atoms with Crippen molar-refractivity contribution in [2.24, 2.45) is 11.7 Å². The Hall–Kier alpha value is -0.910. The number of sulfonamides is 1. The Kier molecular flexibility index (Phi) is 5.41. The van der Waals surface area contributed by atoms with Crippen molar-refractivity contribution in [2.75, 3.05) is 6.54 Å². The molecule has 0 bridgehead atoms. The topological polar surface area (TPSA) is 72.2 Å². The summed E-state index contributed by atoms with van der Waals surface area (Å²) in [5, 5.41) is 0. The molecule has 5 heteroatoms. The first kappa shape index (κ1) is 16.5. The van der Waals surface area contributed by atoms with Gasteiger partial charge in [-0.3, -0.25) is 0 Å². The fourth-order valence-electron chi connectivity index (χ4n) is 3.00. The lowest BCUT2D eigenvalue weighted by Crippen LogP contribution is -2.44. The van der Waals surface area contributed by atoms with Gasteiger partial charge < -0.3 is 5.73 Å². The Morgan fingerprint density at radius 2 is 1.76 bits per heavy atom. The van der Waals surface area contributed by atoms with Gasteiger partial charge in [-0.15, -0.1) is 0 Å². The van der Waals surface area contributed by atoms with Crippen molar-refractivity contribution >= 4 is 10.0 Å². The van der Waals surface area contributed by atoms with E-state index in [0.717, 1.165) is 18.4 Å². The van der Waals surface area contributed by atoms with Crippen LogP contribution in [-0.4, -0.2) is 21.0 Å². The van der Waals surface area contributed by atoms with Crippen molar-refractivity contribution in [3.8, 4) is 0 Å². The third-order valence-corrected chi connectivity index (χ3v) is 5.89. The van der Waals surface area contributed by atoms with Crippen LogP contribution in [0, 0.1) is 5.92 Å². The second-order valence-corrected chi connectivity index (χ2v) is 7.95. The second-order valence-electron chi connectivity index (χ2n) is 6.23. The van der Waals surface area contributed by atoms with E-state index in [-0.39, 0.29) is 6.04 Å². The maximum atomic E-state index is 12.5. The number of benzene rings is 1. The lowest BCUT2D eigenvalue weighted by Gasteiger charge is -2.23. The van der Waals surface area contributed by atoms with Crippen LogP contribution in [0.25, 0.3) is 0 Å². The third kappa shape index (κ3) is 4.05. The molecule has 1 aromatic carbocycles. The Balaban J connectivity index is 2.12. The van der Waals surface area contributed by atoms with E-state index in [0.29, 0.717) is 23.3 Å². The molecule has 1 fully saturated rings. The number of hydrogen-bond acceptors (Lipinski definition) is 3. The van der Waals surface area contributed by atoms with Gasteiger partial charge in [-0.2, -0.15) is 0 Å². The fourth-order valence-corrected chi connectivity index (χ4v) is 4.31. The van der Waals surface area contributed by atoms with Crippen LogP contribution in [0.15, 0.2) is 29.2 Å². The van der Waals surface area contributed by atoms with Gasteiger partial charge in [0.25, 0.3) is 0 Å². The highest BCUT2D eigenvalue weighted by Crippen LogP contribution is 2.28. The molecule has 118 valence electrons. The third-order valence-electron chi connectivity index (χ3n) is 4.39. The summed E-state index contributed by atoms with van der Waals surface area (Å²) in [6.07, 6.45) is 4.48. The molecule has 21 heavy (non-hydrogen) atoms. The molecule has 0 spiro atoms. The summed E-state index contributed by atoms with van der Waals surface area (Å²) in [7, 11) is -3.48. The van der Waals surface area contributed by atoms with Crippen molar-refractivity contribution in [1.29, 1.82) is 0 Å². The van der Waals surface area contributed by atoms with Crippen LogP contribution in [0.2, 0.25) is 0 Å².